The lowest BCUT2D eigenvalue weighted by atomic mass is 10.1. The normalized spacial score (nSPS) is 11.7. The van der Waals surface area contributed by atoms with E-state index in [4.69, 9.17) is 0 Å². The molecular formula is C18H23N3OS. The van der Waals surface area contributed by atoms with Gasteiger partial charge in [-0.1, -0.05) is 19.1 Å². The number of hydrogen-bond donors (Lipinski definition) is 2. The van der Waals surface area contributed by atoms with Crippen LogP contribution in [0.2, 0.25) is 0 Å². The van der Waals surface area contributed by atoms with Gasteiger partial charge in [0.05, 0.1) is 5.69 Å². The minimum atomic E-state index is -0.170. The van der Waals surface area contributed by atoms with E-state index in [0.29, 0.717) is 0 Å². The van der Waals surface area contributed by atoms with Crippen molar-refractivity contribution in [3.05, 3.63) is 54.4 Å². The molecule has 0 saturated carbocycles. The maximum Gasteiger partial charge on any atom is 0.319 e. The van der Waals surface area contributed by atoms with Crippen LogP contribution in [0.25, 0.3) is 0 Å². The Kier molecular flexibility index (Phi) is 6.94. The van der Waals surface area contributed by atoms with Crippen LogP contribution in [0.4, 0.5) is 10.5 Å². The number of rotatable bonds is 7. The number of carbonyl (C=O) groups is 1. The molecule has 0 aliphatic rings. The average molecular weight is 329 g/mol. The number of aromatic nitrogens is 1. The van der Waals surface area contributed by atoms with E-state index in [-0.39, 0.29) is 12.1 Å². The molecule has 4 nitrogen and oxygen atoms in total. The third-order valence-electron chi connectivity index (χ3n) is 3.27. The third kappa shape index (κ3) is 5.94. The van der Waals surface area contributed by atoms with Gasteiger partial charge >= 0.3 is 6.03 Å². The van der Waals surface area contributed by atoms with Crippen LogP contribution in [0.3, 0.4) is 0 Å². The monoisotopic (exact) mass is 329 g/mol. The molecule has 2 rings (SSSR count). The second-order valence-corrected chi connectivity index (χ2v) is 6.54. The van der Waals surface area contributed by atoms with Gasteiger partial charge in [-0.05, 0) is 55.3 Å². The van der Waals surface area contributed by atoms with E-state index in [1.807, 2.05) is 43.3 Å². The molecule has 0 bridgehead atoms. The van der Waals surface area contributed by atoms with Crippen LogP contribution < -0.4 is 10.6 Å². The predicted octanol–water partition coefficient (Wildman–Crippen LogP) is 4.34. The average Bonchev–Trinajstić information content (AvgIpc) is 2.54. The van der Waals surface area contributed by atoms with Gasteiger partial charge < -0.3 is 10.6 Å². The van der Waals surface area contributed by atoms with Gasteiger partial charge in [0, 0.05) is 23.3 Å². The van der Waals surface area contributed by atoms with Crippen LogP contribution in [-0.4, -0.2) is 22.8 Å². The summed E-state index contributed by atoms with van der Waals surface area (Å²) in [4.78, 5) is 17.3. The highest BCUT2D eigenvalue weighted by molar-refractivity contribution is 7.99. The second-order valence-electron chi connectivity index (χ2n) is 5.40. The first kappa shape index (κ1) is 17.3. The van der Waals surface area contributed by atoms with Crippen molar-refractivity contribution in [1.29, 1.82) is 0 Å². The number of carbonyl (C=O) groups excluding carboxylic acids is 1. The van der Waals surface area contributed by atoms with E-state index in [1.165, 1.54) is 0 Å². The van der Waals surface area contributed by atoms with Gasteiger partial charge in [-0.15, -0.1) is 11.8 Å². The molecule has 0 spiro atoms. The first-order chi connectivity index (χ1) is 11.2. The van der Waals surface area contributed by atoms with Gasteiger partial charge in [0.2, 0.25) is 0 Å². The molecule has 0 saturated heterocycles. The van der Waals surface area contributed by atoms with E-state index < -0.39 is 0 Å². The maximum atomic E-state index is 12.2. The standard InChI is InChI=1S/C18H23N3OS/c1-3-12-23-17-7-5-4-6-16(17)21-18(22)20-14(2)13-15-8-10-19-11-9-15/h4-11,14H,3,12-13H2,1-2H3,(H2,20,21,22)/t14-/m0/s1. The predicted molar refractivity (Wildman–Crippen MR) is 97.0 cm³/mol. The molecule has 23 heavy (non-hydrogen) atoms. The molecule has 1 heterocycles. The number of benzene rings is 1. The van der Waals surface area contributed by atoms with Gasteiger partial charge in [0.25, 0.3) is 0 Å². The van der Waals surface area contributed by atoms with Gasteiger partial charge in [0.15, 0.2) is 0 Å². The van der Waals surface area contributed by atoms with Crippen molar-refractivity contribution in [2.24, 2.45) is 0 Å². The quantitative estimate of drug-likeness (QED) is 0.743. The summed E-state index contributed by atoms with van der Waals surface area (Å²) in [6.07, 6.45) is 5.42. The van der Waals surface area contributed by atoms with Crippen LogP contribution in [0.15, 0.2) is 53.7 Å². The Labute approximate surface area is 142 Å². The summed E-state index contributed by atoms with van der Waals surface area (Å²) in [5, 5.41) is 5.93. The van der Waals surface area contributed by atoms with Crippen molar-refractivity contribution >= 4 is 23.5 Å². The smallest absolute Gasteiger partial charge is 0.319 e. The van der Waals surface area contributed by atoms with E-state index in [0.717, 1.165) is 34.7 Å². The summed E-state index contributed by atoms with van der Waals surface area (Å²) in [6, 6.07) is 11.7. The Morgan fingerprint density at radius 2 is 1.96 bits per heavy atom. The SMILES string of the molecule is CCCSc1ccccc1NC(=O)N[C@@H](C)Cc1ccncc1. The van der Waals surface area contributed by atoms with Crippen LogP contribution in [0, 0.1) is 0 Å². The molecule has 0 radical (unpaired) electrons. The van der Waals surface area contributed by atoms with Crippen molar-refractivity contribution in [2.45, 2.75) is 37.6 Å². The zero-order valence-electron chi connectivity index (χ0n) is 13.6. The highest BCUT2D eigenvalue weighted by Crippen LogP contribution is 2.27. The number of amides is 2. The number of para-hydroxylation sites is 1. The molecule has 2 aromatic rings. The topological polar surface area (TPSA) is 54.0 Å². The van der Waals surface area contributed by atoms with Crippen molar-refractivity contribution in [1.82, 2.24) is 10.3 Å². The van der Waals surface area contributed by atoms with Crippen molar-refractivity contribution < 1.29 is 4.79 Å². The lowest BCUT2D eigenvalue weighted by Crippen LogP contribution is -2.37. The number of pyridine rings is 1. The number of anilines is 1. The minimum Gasteiger partial charge on any atom is -0.335 e. The second kappa shape index (κ2) is 9.20. The number of nitrogens with one attached hydrogen (secondary N) is 2. The van der Waals surface area contributed by atoms with Crippen LogP contribution in [0.1, 0.15) is 25.8 Å². The molecule has 2 amide bonds. The summed E-state index contributed by atoms with van der Waals surface area (Å²) < 4.78 is 0. The fourth-order valence-electron chi connectivity index (χ4n) is 2.21. The highest BCUT2D eigenvalue weighted by atomic mass is 32.2. The zero-order chi connectivity index (χ0) is 16.5. The van der Waals surface area contributed by atoms with Gasteiger partial charge in [-0.25, -0.2) is 4.79 Å². The van der Waals surface area contributed by atoms with E-state index in [2.05, 4.69) is 22.5 Å². The highest BCUT2D eigenvalue weighted by Gasteiger charge is 2.10. The maximum absolute atomic E-state index is 12.2. The minimum absolute atomic E-state index is 0.0489. The van der Waals surface area contributed by atoms with E-state index >= 15 is 0 Å². The molecule has 1 aromatic heterocycles. The molecule has 0 unspecified atom stereocenters. The molecule has 0 fully saturated rings. The lowest BCUT2D eigenvalue weighted by molar-refractivity contribution is 0.249. The van der Waals surface area contributed by atoms with Gasteiger partial charge in [-0.2, -0.15) is 0 Å². The summed E-state index contributed by atoms with van der Waals surface area (Å²) in [5.41, 5.74) is 2.02. The third-order valence-corrected chi connectivity index (χ3v) is 4.55. The fraction of sp³-hybridized carbons (Fsp3) is 0.333. The first-order valence-electron chi connectivity index (χ1n) is 7.87. The first-order valence-corrected chi connectivity index (χ1v) is 8.86. The van der Waals surface area contributed by atoms with Crippen LogP contribution in [0.5, 0.6) is 0 Å². The molecule has 2 N–H and O–H groups in total. The molecule has 0 aliphatic heterocycles. The van der Waals surface area contributed by atoms with E-state index in [1.54, 1.807) is 24.2 Å². The summed E-state index contributed by atoms with van der Waals surface area (Å²) in [6.45, 7) is 4.15. The number of nitrogens with zero attached hydrogens (tertiary/aromatic N) is 1. The van der Waals surface area contributed by atoms with E-state index in [9.17, 15) is 4.79 Å². The zero-order valence-corrected chi connectivity index (χ0v) is 14.4. The fourth-order valence-corrected chi connectivity index (χ4v) is 3.09. The molecule has 1 aromatic carbocycles. The van der Waals surface area contributed by atoms with Crippen LogP contribution >= 0.6 is 11.8 Å². The lowest BCUT2D eigenvalue weighted by Gasteiger charge is -2.16. The molecule has 0 aliphatic carbocycles. The number of hydrogen-bond acceptors (Lipinski definition) is 3. The summed E-state index contributed by atoms with van der Waals surface area (Å²) >= 11 is 1.76. The Morgan fingerprint density at radius 3 is 2.70 bits per heavy atom. The summed E-state index contributed by atoms with van der Waals surface area (Å²) in [7, 11) is 0. The number of thioether (sulfide) groups is 1. The number of urea groups is 1. The van der Waals surface area contributed by atoms with Crippen molar-refractivity contribution in [2.75, 3.05) is 11.1 Å². The summed E-state index contributed by atoms with van der Waals surface area (Å²) in [5.74, 6) is 1.04. The Balaban J connectivity index is 1.89. The molecule has 122 valence electrons. The molecule has 5 heteroatoms. The largest absolute Gasteiger partial charge is 0.335 e. The Morgan fingerprint density at radius 1 is 1.22 bits per heavy atom. The van der Waals surface area contributed by atoms with Crippen LogP contribution in [-0.2, 0) is 6.42 Å². The molecule has 1 atom stereocenters. The van der Waals surface area contributed by atoms with Crippen molar-refractivity contribution in [3.8, 4) is 0 Å². The Bertz CT molecular complexity index is 619. The molecular weight excluding hydrogens is 306 g/mol. The van der Waals surface area contributed by atoms with Crippen molar-refractivity contribution in [3.63, 3.8) is 0 Å². The van der Waals surface area contributed by atoms with Gasteiger partial charge in [-0.3, -0.25) is 4.98 Å². The Hall–Kier alpha value is -2.01. The van der Waals surface area contributed by atoms with Gasteiger partial charge in [0.1, 0.15) is 0 Å².